The van der Waals surface area contributed by atoms with Crippen LogP contribution in [0.5, 0.6) is 5.75 Å². The van der Waals surface area contributed by atoms with E-state index >= 15 is 0 Å². The molecule has 0 unspecified atom stereocenters. The van der Waals surface area contributed by atoms with E-state index in [0.29, 0.717) is 23.1 Å². The standard InChI is InChI=1S/C11H13Cl2NO/c1-7-3-10(13)4-9(11(7)15)6-14-5-8(2)12/h3-4,14-15H,2,5-6H2,1H3. The average Bonchev–Trinajstić information content (AvgIpc) is 2.12. The Morgan fingerprint density at radius 1 is 1.53 bits per heavy atom. The van der Waals surface area contributed by atoms with Crippen LogP contribution in [-0.2, 0) is 6.54 Å². The summed E-state index contributed by atoms with van der Waals surface area (Å²) in [5.41, 5.74) is 1.53. The van der Waals surface area contributed by atoms with E-state index in [2.05, 4.69) is 11.9 Å². The van der Waals surface area contributed by atoms with Crippen molar-refractivity contribution in [3.63, 3.8) is 0 Å². The molecule has 15 heavy (non-hydrogen) atoms. The van der Waals surface area contributed by atoms with Gasteiger partial charge in [0, 0.05) is 28.7 Å². The third-order valence-corrected chi connectivity index (χ3v) is 2.33. The second kappa shape index (κ2) is 5.40. The number of halogens is 2. The van der Waals surface area contributed by atoms with Crippen molar-refractivity contribution in [1.29, 1.82) is 0 Å². The van der Waals surface area contributed by atoms with Crippen LogP contribution in [-0.4, -0.2) is 11.7 Å². The lowest BCUT2D eigenvalue weighted by molar-refractivity contribution is 0.461. The van der Waals surface area contributed by atoms with E-state index in [0.717, 1.165) is 11.1 Å². The molecule has 82 valence electrons. The molecule has 0 aliphatic heterocycles. The van der Waals surface area contributed by atoms with Gasteiger partial charge < -0.3 is 10.4 Å². The van der Waals surface area contributed by atoms with Crippen LogP contribution < -0.4 is 5.32 Å². The number of phenols is 1. The highest BCUT2D eigenvalue weighted by molar-refractivity contribution is 6.30. The van der Waals surface area contributed by atoms with Crippen LogP contribution in [0.25, 0.3) is 0 Å². The van der Waals surface area contributed by atoms with E-state index in [1.54, 1.807) is 12.1 Å². The van der Waals surface area contributed by atoms with Gasteiger partial charge >= 0.3 is 0 Å². The molecule has 0 heterocycles. The Kier molecular flexibility index (Phi) is 4.45. The molecule has 4 heteroatoms. The molecule has 0 aliphatic rings. The normalized spacial score (nSPS) is 10.3. The van der Waals surface area contributed by atoms with Crippen LogP contribution >= 0.6 is 23.2 Å². The van der Waals surface area contributed by atoms with E-state index in [9.17, 15) is 5.11 Å². The zero-order valence-corrected chi connectivity index (χ0v) is 9.99. The molecule has 0 atom stereocenters. The van der Waals surface area contributed by atoms with E-state index in [4.69, 9.17) is 23.2 Å². The first-order valence-electron chi connectivity index (χ1n) is 4.52. The average molecular weight is 246 g/mol. The summed E-state index contributed by atoms with van der Waals surface area (Å²) < 4.78 is 0. The van der Waals surface area contributed by atoms with Gasteiger partial charge in [-0.1, -0.05) is 29.8 Å². The van der Waals surface area contributed by atoms with Gasteiger partial charge in [0.25, 0.3) is 0 Å². The van der Waals surface area contributed by atoms with Gasteiger partial charge in [-0.2, -0.15) is 0 Å². The Balaban J connectivity index is 2.72. The number of nitrogens with one attached hydrogen (secondary N) is 1. The Bertz CT molecular complexity index is 377. The highest BCUT2D eigenvalue weighted by Gasteiger charge is 2.05. The van der Waals surface area contributed by atoms with Crippen molar-refractivity contribution in [2.75, 3.05) is 6.54 Å². The second-order valence-electron chi connectivity index (χ2n) is 3.35. The summed E-state index contributed by atoms with van der Waals surface area (Å²) in [4.78, 5) is 0. The lowest BCUT2D eigenvalue weighted by Crippen LogP contribution is -2.14. The molecule has 0 fully saturated rings. The lowest BCUT2D eigenvalue weighted by Gasteiger charge is -2.09. The predicted molar refractivity (Wildman–Crippen MR) is 64.6 cm³/mol. The number of rotatable bonds is 4. The summed E-state index contributed by atoms with van der Waals surface area (Å²) in [5, 5.41) is 13.9. The summed E-state index contributed by atoms with van der Waals surface area (Å²) in [6.07, 6.45) is 0. The second-order valence-corrected chi connectivity index (χ2v) is 4.32. The minimum atomic E-state index is 0.270. The number of hydrogen-bond donors (Lipinski definition) is 2. The zero-order chi connectivity index (χ0) is 11.4. The molecule has 0 spiro atoms. The molecule has 0 bridgehead atoms. The van der Waals surface area contributed by atoms with Crippen molar-refractivity contribution < 1.29 is 5.11 Å². The van der Waals surface area contributed by atoms with Crippen LogP contribution in [0.3, 0.4) is 0 Å². The molecule has 1 aromatic carbocycles. The molecular weight excluding hydrogens is 233 g/mol. The first kappa shape index (κ1) is 12.4. The Labute approximate surface area is 99.5 Å². The third-order valence-electron chi connectivity index (χ3n) is 1.98. The summed E-state index contributed by atoms with van der Waals surface area (Å²) >= 11 is 11.5. The maximum Gasteiger partial charge on any atom is 0.123 e. The number of aromatic hydroxyl groups is 1. The highest BCUT2D eigenvalue weighted by atomic mass is 35.5. The molecule has 0 saturated carbocycles. The van der Waals surface area contributed by atoms with Gasteiger partial charge in [0.1, 0.15) is 5.75 Å². The number of aryl methyl sites for hydroxylation is 1. The molecular formula is C11H13Cl2NO. The predicted octanol–water partition coefficient (Wildman–Crippen LogP) is 3.20. The Morgan fingerprint density at radius 3 is 2.80 bits per heavy atom. The van der Waals surface area contributed by atoms with E-state index < -0.39 is 0 Å². The Hall–Kier alpha value is -0.700. The molecule has 1 rings (SSSR count). The third kappa shape index (κ3) is 3.74. The molecule has 1 aromatic rings. The van der Waals surface area contributed by atoms with Gasteiger partial charge in [0.2, 0.25) is 0 Å². The summed E-state index contributed by atoms with van der Waals surface area (Å²) in [6.45, 7) is 6.39. The van der Waals surface area contributed by atoms with Gasteiger partial charge in [-0.25, -0.2) is 0 Å². The van der Waals surface area contributed by atoms with E-state index in [-0.39, 0.29) is 5.75 Å². The lowest BCUT2D eigenvalue weighted by atomic mass is 10.1. The SMILES string of the molecule is C=C(Cl)CNCc1cc(Cl)cc(C)c1O. The number of hydrogen-bond acceptors (Lipinski definition) is 2. The fourth-order valence-electron chi connectivity index (χ4n) is 1.27. The van der Waals surface area contributed by atoms with Crippen molar-refractivity contribution in [2.45, 2.75) is 13.5 Å². The van der Waals surface area contributed by atoms with Crippen molar-refractivity contribution >= 4 is 23.2 Å². The fraction of sp³-hybridized carbons (Fsp3) is 0.273. The van der Waals surface area contributed by atoms with Gasteiger partial charge in [0.05, 0.1) is 0 Å². The maximum atomic E-state index is 9.73. The van der Waals surface area contributed by atoms with Crippen LogP contribution in [0.15, 0.2) is 23.7 Å². The van der Waals surface area contributed by atoms with Crippen LogP contribution in [0.1, 0.15) is 11.1 Å². The minimum absolute atomic E-state index is 0.270. The molecule has 0 radical (unpaired) electrons. The number of phenolic OH excluding ortho intramolecular Hbond substituents is 1. The molecule has 0 saturated heterocycles. The maximum absolute atomic E-state index is 9.73. The van der Waals surface area contributed by atoms with Gasteiger partial charge in [-0.05, 0) is 24.6 Å². The monoisotopic (exact) mass is 245 g/mol. The zero-order valence-electron chi connectivity index (χ0n) is 8.48. The summed E-state index contributed by atoms with van der Waals surface area (Å²) in [6, 6.07) is 3.45. The number of benzene rings is 1. The fourth-order valence-corrected chi connectivity index (χ4v) is 1.66. The van der Waals surface area contributed by atoms with Gasteiger partial charge in [-0.3, -0.25) is 0 Å². The van der Waals surface area contributed by atoms with Crippen LogP contribution in [0.4, 0.5) is 0 Å². The van der Waals surface area contributed by atoms with Crippen molar-refractivity contribution in [1.82, 2.24) is 5.32 Å². The highest BCUT2D eigenvalue weighted by Crippen LogP contribution is 2.26. The van der Waals surface area contributed by atoms with Crippen molar-refractivity contribution in [3.8, 4) is 5.75 Å². The van der Waals surface area contributed by atoms with Gasteiger partial charge in [0.15, 0.2) is 0 Å². The van der Waals surface area contributed by atoms with E-state index in [1.165, 1.54) is 0 Å². The minimum Gasteiger partial charge on any atom is -0.507 e. The smallest absolute Gasteiger partial charge is 0.123 e. The van der Waals surface area contributed by atoms with Gasteiger partial charge in [-0.15, -0.1) is 0 Å². The molecule has 0 aromatic heterocycles. The topological polar surface area (TPSA) is 32.3 Å². The molecule has 2 N–H and O–H groups in total. The largest absolute Gasteiger partial charge is 0.507 e. The van der Waals surface area contributed by atoms with E-state index in [1.807, 2.05) is 6.92 Å². The first-order chi connectivity index (χ1) is 7.00. The van der Waals surface area contributed by atoms with Crippen LogP contribution in [0, 0.1) is 6.92 Å². The molecule has 2 nitrogen and oxygen atoms in total. The summed E-state index contributed by atoms with van der Waals surface area (Å²) in [7, 11) is 0. The molecule has 0 amide bonds. The Morgan fingerprint density at radius 2 is 2.20 bits per heavy atom. The molecule has 0 aliphatic carbocycles. The van der Waals surface area contributed by atoms with Crippen molar-refractivity contribution in [2.24, 2.45) is 0 Å². The van der Waals surface area contributed by atoms with Crippen LogP contribution in [0.2, 0.25) is 5.02 Å². The summed E-state index contributed by atoms with van der Waals surface area (Å²) in [5.74, 6) is 0.270. The first-order valence-corrected chi connectivity index (χ1v) is 5.28. The quantitative estimate of drug-likeness (QED) is 0.855. The van der Waals surface area contributed by atoms with Crippen molar-refractivity contribution in [3.05, 3.63) is 39.9 Å².